The molecule has 21 heavy (non-hydrogen) atoms. The Morgan fingerprint density at radius 1 is 1.29 bits per heavy atom. The topological polar surface area (TPSA) is 81.4 Å². The molecule has 118 valence electrons. The van der Waals surface area contributed by atoms with Crippen LogP contribution in [-0.2, 0) is 20.5 Å². The van der Waals surface area contributed by atoms with Gasteiger partial charge < -0.3 is 10.5 Å². The Morgan fingerprint density at radius 3 is 2.67 bits per heavy atom. The Bertz CT molecular complexity index is 559. The highest BCUT2D eigenvalue weighted by atomic mass is 32.2. The summed E-state index contributed by atoms with van der Waals surface area (Å²) in [5.41, 5.74) is 6.84. The smallest absolute Gasteiger partial charge is 0.215 e. The standard InChI is InChI=1S/C14H22N2O3S2/c1-19-10-6-2-5-9-16-21(17,18)11-12-7-3-4-8-13(12)14(15)20/h3-4,7-8,16H,2,5-6,9-11H2,1H3,(H2,15,20). The molecule has 0 atom stereocenters. The molecule has 0 aliphatic rings. The molecule has 7 heteroatoms. The first kappa shape index (κ1) is 18.0. The van der Waals surface area contributed by atoms with E-state index in [0.29, 0.717) is 24.3 Å². The van der Waals surface area contributed by atoms with Crippen molar-refractivity contribution in [1.29, 1.82) is 0 Å². The first-order chi connectivity index (χ1) is 9.96. The monoisotopic (exact) mass is 330 g/mol. The van der Waals surface area contributed by atoms with Gasteiger partial charge in [-0.1, -0.05) is 36.5 Å². The number of unbranched alkanes of at least 4 members (excludes halogenated alkanes) is 2. The fourth-order valence-corrected chi connectivity index (χ4v) is 3.34. The Kier molecular flexibility index (Phi) is 7.81. The summed E-state index contributed by atoms with van der Waals surface area (Å²) in [6.45, 7) is 1.13. The maximum absolute atomic E-state index is 12.0. The van der Waals surface area contributed by atoms with Gasteiger partial charge in [0.05, 0.1) is 5.75 Å². The largest absolute Gasteiger partial charge is 0.389 e. The van der Waals surface area contributed by atoms with E-state index in [1.165, 1.54) is 0 Å². The van der Waals surface area contributed by atoms with Crippen LogP contribution in [0.25, 0.3) is 0 Å². The predicted octanol–water partition coefficient (Wildman–Crippen LogP) is 1.56. The van der Waals surface area contributed by atoms with Crippen molar-refractivity contribution in [3.63, 3.8) is 0 Å². The van der Waals surface area contributed by atoms with Gasteiger partial charge in [-0.3, -0.25) is 0 Å². The third-order valence-electron chi connectivity index (χ3n) is 2.98. The Morgan fingerprint density at radius 2 is 2.00 bits per heavy atom. The molecule has 0 unspecified atom stereocenters. The second kappa shape index (κ2) is 9.09. The van der Waals surface area contributed by atoms with E-state index >= 15 is 0 Å². The van der Waals surface area contributed by atoms with E-state index < -0.39 is 10.0 Å². The molecule has 0 bridgehead atoms. The van der Waals surface area contributed by atoms with E-state index in [1.54, 1.807) is 31.4 Å². The van der Waals surface area contributed by atoms with Crippen LogP contribution in [0.5, 0.6) is 0 Å². The molecule has 3 N–H and O–H groups in total. The van der Waals surface area contributed by atoms with Crippen LogP contribution in [-0.4, -0.2) is 33.7 Å². The van der Waals surface area contributed by atoms with Gasteiger partial charge in [-0.25, -0.2) is 13.1 Å². The summed E-state index contributed by atoms with van der Waals surface area (Å²) in [6.07, 6.45) is 2.65. The minimum atomic E-state index is -3.38. The van der Waals surface area contributed by atoms with Gasteiger partial charge in [-0.2, -0.15) is 0 Å². The second-order valence-corrected chi connectivity index (χ2v) is 6.97. The van der Waals surface area contributed by atoms with Crippen LogP contribution in [0.3, 0.4) is 0 Å². The third-order valence-corrected chi connectivity index (χ3v) is 4.53. The van der Waals surface area contributed by atoms with Gasteiger partial charge in [0.15, 0.2) is 0 Å². The molecule has 0 saturated carbocycles. The van der Waals surface area contributed by atoms with Crippen LogP contribution in [0.1, 0.15) is 30.4 Å². The first-order valence-electron chi connectivity index (χ1n) is 6.80. The molecule has 0 heterocycles. The van der Waals surface area contributed by atoms with Crippen LogP contribution < -0.4 is 10.5 Å². The summed E-state index contributed by atoms with van der Waals surface area (Å²) in [5, 5.41) is 0. The maximum atomic E-state index is 12.0. The van der Waals surface area contributed by atoms with Gasteiger partial charge in [-0.05, 0) is 24.8 Å². The molecule has 0 amide bonds. The average Bonchev–Trinajstić information content (AvgIpc) is 2.42. The molecule has 0 radical (unpaired) electrons. The molecule has 0 fully saturated rings. The zero-order chi connectivity index (χ0) is 15.7. The summed E-state index contributed by atoms with van der Waals surface area (Å²) < 4.78 is 31.6. The highest BCUT2D eigenvalue weighted by molar-refractivity contribution is 7.88. The minimum Gasteiger partial charge on any atom is -0.389 e. The number of hydrogen-bond acceptors (Lipinski definition) is 4. The molecule has 1 aromatic carbocycles. The maximum Gasteiger partial charge on any atom is 0.215 e. The fraction of sp³-hybridized carbons (Fsp3) is 0.500. The lowest BCUT2D eigenvalue weighted by molar-refractivity contribution is 0.192. The lowest BCUT2D eigenvalue weighted by atomic mass is 10.1. The fourth-order valence-electron chi connectivity index (χ4n) is 1.92. The Hall–Kier alpha value is -1.02. The van der Waals surface area contributed by atoms with Crippen LogP contribution in [0.15, 0.2) is 24.3 Å². The van der Waals surface area contributed by atoms with Crippen molar-refractivity contribution in [2.24, 2.45) is 5.73 Å². The van der Waals surface area contributed by atoms with Gasteiger partial charge in [0, 0.05) is 25.8 Å². The third kappa shape index (κ3) is 6.99. The molecule has 0 aromatic heterocycles. The van der Waals surface area contributed by atoms with Gasteiger partial charge in [0.25, 0.3) is 0 Å². The zero-order valence-electron chi connectivity index (χ0n) is 12.2. The second-order valence-electron chi connectivity index (χ2n) is 4.73. The Labute approximate surface area is 131 Å². The predicted molar refractivity (Wildman–Crippen MR) is 88.7 cm³/mol. The SMILES string of the molecule is COCCCCCNS(=O)(=O)Cc1ccccc1C(N)=S. The molecule has 5 nitrogen and oxygen atoms in total. The highest BCUT2D eigenvalue weighted by Crippen LogP contribution is 2.12. The normalized spacial score (nSPS) is 11.5. The molecular weight excluding hydrogens is 308 g/mol. The van der Waals surface area contributed by atoms with Gasteiger partial charge in [0.1, 0.15) is 4.99 Å². The number of nitrogens with two attached hydrogens (primary N) is 1. The number of methoxy groups -OCH3 is 1. The molecule has 0 saturated heterocycles. The molecule has 0 spiro atoms. The number of thiocarbonyl (C=S) groups is 1. The quantitative estimate of drug-likeness (QED) is 0.502. The van der Waals surface area contributed by atoms with Crippen molar-refractivity contribution >= 4 is 27.2 Å². The summed E-state index contributed by atoms with van der Waals surface area (Å²) in [6, 6.07) is 7.02. The lowest BCUT2D eigenvalue weighted by Gasteiger charge is -2.10. The van der Waals surface area contributed by atoms with Crippen molar-refractivity contribution < 1.29 is 13.2 Å². The van der Waals surface area contributed by atoms with Crippen LogP contribution in [0.2, 0.25) is 0 Å². The number of rotatable bonds is 10. The van der Waals surface area contributed by atoms with E-state index in [9.17, 15) is 8.42 Å². The van der Waals surface area contributed by atoms with Crippen molar-refractivity contribution in [3.05, 3.63) is 35.4 Å². The molecule has 1 aromatic rings. The van der Waals surface area contributed by atoms with E-state index in [2.05, 4.69) is 4.72 Å². The van der Waals surface area contributed by atoms with Crippen LogP contribution in [0, 0.1) is 0 Å². The van der Waals surface area contributed by atoms with E-state index in [-0.39, 0.29) is 10.7 Å². The van der Waals surface area contributed by atoms with Gasteiger partial charge in [0.2, 0.25) is 10.0 Å². The average molecular weight is 330 g/mol. The number of sulfonamides is 1. The number of ether oxygens (including phenoxy) is 1. The summed E-state index contributed by atoms with van der Waals surface area (Å²) in [4.78, 5) is 0.209. The highest BCUT2D eigenvalue weighted by Gasteiger charge is 2.14. The van der Waals surface area contributed by atoms with Gasteiger partial charge in [-0.15, -0.1) is 0 Å². The summed E-state index contributed by atoms with van der Waals surface area (Å²) in [5.74, 6) is -0.113. The molecule has 0 aliphatic heterocycles. The van der Waals surface area contributed by atoms with Crippen molar-refractivity contribution in [2.45, 2.75) is 25.0 Å². The molecular formula is C14H22N2O3S2. The van der Waals surface area contributed by atoms with Crippen molar-refractivity contribution in [3.8, 4) is 0 Å². The van der Waals surface area contributed by atoms with Crippen molar-refractivity contribution in [2.75, 3.05) is 20.3 Å². The number of nitrogens with one attached hydrogen (secondary N) is 1. The van der Waals surface area contributed by atoms with E-state index in [0.717, 1.165) is 19.3 Å². The van der Waals surface area contributed by atoms with Crippen LogP contribution in [0.4, 0.5) is 0 Å². The number of benzene rings is 1. The van der Waals surface area contributed by atoms with Crippen molar-refractivity contribution in [1.82, 2.24) is 4.72 Å². The van der Waals surface area contributed by atoms with Gasteiger partial charge >= 0.3 is 0 Å². The first-order valence-corrected chi connectivity index (χ1v) is 8.86. The lowest BCUT2D eigenvalue weighted by Crippen LogP contribution is -2.27. The minimum absolute atomic E-state index is 0.113. The van der Waals surface area contributed by atoms with Crippen LogP contribution >= 0.6 is 12.2 Å². The molecule has 0 aliphatic carbocycles. The number of hydrogen-bond donors (Lipinski definition) is 2. The Balaban J connectivity index is 2.51. The molecule has 1 rings (SSSR count). The summed E-state index contributed by atoms with van der Waals surface area (Å²) >= 11 is 4.94. The summed E-state index contributed by atoms with van der Waals surface area (Å²) in [7, 11) is -1.73. The zero-order valence-corrected chi connectivity index (χ0v) is 13.8. The van der Waals surface area contributed by atoms with E-state index in [1.807, 2.05) is 0 Å². The van der Waals surface area contributed by atoms with E-state index in [4.69, 9.17) is 22.7 Å².